The summed E-state index contributed by atoms with van der Waals surface area (Å²) in [6.07, 6.45) is -0.392. The van der Waals surface area contributed by atoms with Crippen LogP contribution in [0.3, 0.4) is 0 Å². The lowest BCUT2D eigenvalue weighted by molar-refractivity contribution is -0.148. The van der Waals surface area contributed by atoms with Crippen LogP contribution in [0, 0.1) is 0 Å². The lowest BCUT2D eigenvalue weighted by Gasteiger charge is -2.30. The molecule has 4 atom stereocenters. The fraction of sp³-hybridized carbons (Fsp3) is 0.278. The van der Waals surface area contributed by atoms with Gasteiger partial charge in [-0.05, 0) is 11.1 Å². The number of likely N-dealkylation sites (N-methyl/N-ethyl adjacent to an activating group) is 1. The molecule has 2 heterocycles. The van der Waals surface area contributed by atoms with Gasteiger partial charge >= 0.3 is 0 Å². The van der Waals surface area contributed by atoms with E-state index in [-0.39, 0.29) is 30.1 Å². The third kappa shape index (κ3) is 1.81. The summed E-state index contributed by atoms with van der Waals surface area (Å²) in [5.74, 6) is 0.218. The largest absolute Gasteiger partial charge is 0.358 e. The number of likely N-dealkylation sites (tertiary alicyclic amines) is 1. The van der Waals surface area contributed by atoms with E-state index in [1.165, 1.54) is 5.56 Å². The zero-order valence-electron chi connectivity index (χ0n) is 11.8. The second kappa shape index (κ2) is 4.71. The molecule has 3 nitrogen and oxygen atoms in total. The van der Waals surface area contributed by atoms with Crippen molar-refractivity contribution in [2.45, 2.75) is 24.2 Å². The third-order valence-electron chi connectivity index (χ3n) is 4.65. The van der Waals surface area contributed by atoms with Gasteiger partial charge in [-0.3, -0.25) is 4.79 Å². The van der Waals surface area contributed by atoms with E-state index in [2.05, 4.69) is 24.3 Å². The summed E-state index contributed by atoms with van der Waals surface area (Å²) in [6, 6.07) is 20.5. The van der Waals surface area contributed by atoms with Crippen LogP contribution in [0.2, 0.25) is 0 Å². The molecule has 2 aliphatic rings. The van der Waals surface area contributed by atoms with Gasteiger partial charge in [0.15, 0.2) is 0 Å². The molecule has 4 rings (SSSR count). The molecule has 0 N–H and O–H groups in total. The molecule has 0 radical (unpaired) electrons. The van der Waals surface area contributed by atoms with Crippen LogP contribution in [0.5, 0.6) is 0 Å². The van der Waals surface area contributed by atoms with E-state index in [4.69, 9.17) is 4.74 Å². The smallest absolute Gasteiger partial charge is 0.252 e. The zero-order valence-corrected chi connectivity index (χ0v) is 11.8. The zero-order chi connectivity index (χ0) is 14.4. The molecule has 21 heavy (non-hydrogen) atoms. The lowest BCUT2D eigenvalue weighted by atomic mass is 9.88. The Bertz CT molecular complexity index is 655. The summed E-state index contributed by atoms with van der Waals surface area (Å²) in [7, 11) is 1.89. The number of nitrogens with zero attached hydrogens (tertiary/aromatic N) is 1. The van der Waals surface area contributed by atoms with Gasteiger partial charge in [0.05, 0.1) is 6.04 Å². The fourth-order valence-electron chi connectivity index (χ4n) is 3.66. The highest BCUT2D eigenvalue weighted by Crippen LogP contribution is 2.50. The average Bonchev–Trinajstić information content (AvgIpc) is 3.04. The Morgan fingerprint density at radius 1 is 0.857 bits per heavy atom. The summed E-state index contributed by atoms with van der Waals surface area (Å²) in [5.41, 5.74) is 2.33. The van der Waals surface area contributed by atoms with Crippen molar-refractivity contribution in [1.82, 2.24) is 4.90 Å². The Hall–Kier alpha value is -2.13. The first-order valence-electron chi connectivity index (χ1n) is 7.29. The molecule has 0 unspecified atom stereocenters. The molecule has 2 fully saturated rings. The van der Waals surface area contributed by atoms with Crippen molar-refractivity contribution in [1.29, 1.82) is 0 Å². The van der Waals surface area contributed by atoms with Gasteiger partial charge in [-0.25, -0.2) is 0 Å². The number of benzene rings is 2. The fourth-order valence-corrected chi connectivity index (χ4v) is 3.66. The second-order valence-corrected chi connectivity index (χ2v) is 5.76. The first-order chi connectivity index (χ1) is 10.3. The van der Waals surface area contributed by atoms with Gasteiger partial charge in [0.25, 0.3) is 5.91 Å². The third-order valence-corrected chi connectivity index (χ3v) is 4.65. The number of hydrogen-bond acceptors (Lipinski definition) is 2. The van der Waals surface area contributed by atoms with Crippen LogP contribution < -0.4 is 0 Å². The topological polar surface area (TPSA) is 29.5 Å². The van der Waals surface area contributed by atoms with Gasteiger partial charge in [0, 0.05) is 13.0 Å². The Kier molecular flexibility index (Phi) is 2.82. The number of amides is 1. The Morgan fingerprint density at radius 3 is 2.05 bits per heavy atom. The van der Waals surface area contributed by atoms with Crippen molar-refractivity contribution in [3.8, 4) is 0 Å². The molecule has 0 aliphatic carbocycles. The van der Waals surface area contributed by atoms with Crippen LogP contribution in [-0.4, -0.2) is 30.0 Å². The van der Waals surface area contributed by atoms with Crippen molar-refractivity contribution in [3.05, 3.63) is 71.8 Å². The van der Waals surface area contributed by atoms with E-state index in [1.807, 2.05) is 48.3 Å². The van der Waals surface area contributed by atoms with Crippen LogP contribution >= 0.6 is 0 Å². The van der Waals surface area contributed by atoms with Crippen LogP contribution in [0.1, 0.15) is 23.1 Å². The second-order valence-electron chi connectivity index (χ2n) is 5.76. The van der Waals surface area contributed by atoms with E-state index in [0.717, 1.165) is 5.56 Å². The SMILES string of the molecule is CN1C(=O)[C@@H]2O[C@H](c3ccccc3)[C@H]1[C@H]2c1ccccc1. The molecule has 106 valence electrons. The molecular weight excluding hydrogens is 262 g/mol. The molecule has 2 aromatic carbocycles. The molecule has 1 amide bonds. The number of morpholine rings is 1. The van der Waals surface area contributed by atoms with E-state index >= 15 is 0 Å². The molecule has 0 saturated carbocycles. The van der Waals surface area contributed by atoms with Gasteiger partial charge in [-0.1, -0.05) is 60.7 Å². The first kappa shape index (κ1) is 12.6. The standard InChI is InChI=1S/C18H17NO2/c1-19-15-14(12-8-4-2-5-9-12)17(18(19)20)21-16(15)13-10-6-3-7-11-13/h2-11,14-17H,1H3/t14-,15-,16-,17-/m1/s1. The van der Waals surface area contributed by atoms with Crippen molar-refractivity contribution in [2.75, 3.05) is 7.05 Å². The van der Waals surface area contributed by atoms with Crippen molar-refractivity contribution >= 4 is 5.91 Å². The van der Waals surface area contributed by atoms with Gasteiger partial charge < -0.3 is 9.64 Å². The molecule has 3 heteroatoms. The quantitative estimate of drug-likeness (QED) is 0.846. The molecule has 2 saturated heterocycles. The van der Waals surface area contributed by atoms with E-state index in [9.17, 15) is 4.79 Å². The van der Waals surface area contributed by atoms with Crippen molar-refractivity contribution in [2.24, 2.45) is 0 Å². The van der Waals surface area contributed by atoms with Gasteiger partial charge in [0.1, 0.15) is 12.2 Å². The van der Waals surface area contributed by atoms with Gasteiger partial charge in [-0.15, -0.1) is 0 Å². The molecule has 2 aromatic rings. The molecular formula is C18H17NO2. The normalized spacial score (nSPS) is 30.9. The Morgan fingerprint density at radius 2 is 1.43 bits per heavy atom. The lowest BCUT2D eigenvalue weighted by Crippen LogP contribution is -2.40. The summed E-state index contributed by atoms with van der Waals surface area (Å²) in [6.45, 7) is 0. The molecule has 2 aliphatic heterocycles. The maximum atomic E-state index is 12.3. The predicted molar refractivity (Wildman–Crippen MR) is 79.8 cm³/mol. The highest BCUT2D eigenvalue weighted by atomic mass is 16.5. The van der Waals surface area contributed by atoms with Gasteiger partial charge in [-0.2, -0.15) is 0 Å². The highest BCUT2D eigenvalue weighted by molar-refractivity contribution is 5.86. The van der Waals surface area contributed by atoms with Crippen LogP contribution in [-0.2, 0) is 9.53 Å². The number of carbonyl (C=O) groups is 1. The summed E-state index contributed by atoms with van der Waals surface area (Å²) >= 11 is 0. The van der Waals surface area contributed by atoms with Crippen LogP contribution in [0.15, 0.2) is 60.7 Å². The molecule has 0 aromatic heterocycles. The van der Waals surface area contributed by atoms with Crippen LogP contribution in [0.25, 0.3) is 0 Å². The van der Waals surface area contributed by atoms with Gasteiger partial charge in [0.2, 0.25) is 0 Å². The molecule has 0 spiro atoms. The van der Waals surface area contributed by atoms with E-state index < -0.39 is 0 Å². The Labute approximate surface area is 124 Å². The van der Waals surface area contributed by atoms with Crippen LogP contribution in [0.4, 0.5) is 0 Å². The van der Waals surface area contributed by atoms with E-state index in [0.29, 0.717) is 0 Å². The monoisotopic (exact) mass is 279 g/mol. The minimum Gasteiger partial charge on any atom is -0.358 e. The average molecular weight is 279 g/mol. The summed E-state index contributed by atoms with van der Waals surface area (Å²) in [4.78, 5) is 14.2. The number of hydrogen-bond donors (Lipinski definition) is 0. The van der Waals surface area contributed by atoms with E-state index in [1.54, 1.807) is 0 Å². The minimum absolute atomic E-state index is 0.0379. The maximum Gasteiger partial charge on any atom is 0.252 e. The number of ether oxygens (including phenoxy) is 1. The van der Waals surface area contributed by atoms with Crippen molar-refractivity contribution in [3.63, 3.8) is 0 Å². The first-order valence-corrected chi connectivity index (χ1v) is 7.29. The maximum absolute atomic E-state index is 12.3. The number of fused-ring (bicyclic) bond motifs is 2. The minimum atomic E-state index is -0.354. The Balaban J connectivity index is 1.75. The molecule has 2 bridgehead atoms. The highest BCUT2D eigenvalue weighted by Gasteiger charge is 2.58. The summed E-state index contributed by atoms with van der Waals surface area (Å²) < 4.78 is 6.10. The number of carbonyl (C=O) groups excluding carboxylic acids is 1. The van der Waals surface area contributed by atoms with Crippen molar-refractivity contribution < 1.29 is 9.53 Å². The number of rotatable bonds is 2. The predicted octanol–water partition coefficient (Wildman–Crippen LogP) is 2.75. The summed E-state index contributed by atoms with van der Waals surface area (Å²) in [5, 5.41) is 0.